The minimum Gasteiger partial charge on any atom is -0.330 e. The van der Waals surface area contributed by atoms with E-state index < -0.39 is 0 Å². The maximum atomic E-state index is 11.8. The molecule has 1 saturated heterocycles. The second kappa shape index (κ2) is 4.73. The van der Waals surface area contributed by atoms with E-state index in [1.165, 1.54) is 0 Å². The number of hydrogen-bond acceptors (Lipinski definition) is 2. The summed E-state index contributed by atoms with van der Waals surface area (Å²) >= 11 is 9.32. The zero-order valence-electron chi connectivity index (χ0n) is 8.62. The molecule has 0 spiro atoms. The normalized spacial score (nSPS) is 20.6. The number of amides is 1. The quantitative estimate of drug-likeness (QED) is 0.912. The van der Waals surface area contributed by atoms with Crippen LogP contribution in [0.3, 0.4) is 0 Å². The molecule has 5 heteroatoms. The van der Waals surface area contributed by atoms with Crippen molar-refractivity contribution < 1.29 is 4.79 Å². The molecule has 1 aliphatic heterocycles. The van der Waals surface area contributed by atoms with Gasteiger partial charge in [0, 0.05) is 23.1 Å². The van der Waals surface area contributed by atoms with Crippen LogP contribution < -0.4 is 10.6 Å². The maximum Gasteiger partial charge on any atom is 0.227 e. The molecule has 1 unspecified atom stereocenters. The summed E-state index contributed by atoms with van der Waals surface area (Å²) < 4.78 is 0.833. The molecule has 1 amide bonds. The van der Waals surface area contributed by atoms with Gasteiger partial charge in [0.2, 0.25) is 5.91 Å². The molecule has 0 aliphatic carbocycles. The molecule has 1 heterocycles. The van der Waals surface area contributed by atoms with E-state index in [1.807, 2.05) is 12.1 Å². The van der Waals surface area contributed by atoms with Gasteiger partial charge in [-0.05, 0) is 46.6 Å². The van der Waals surface area contributed by atoms with Crippen LogP contribution in [0.25, 0.3) is 0 Å². The van der Waals surface area contributed by atoms with Gasteiger partial charge in [-0.1, -0.05) is 11.6 Å². The Morgan fingerprint density at radius 3 is 2.88 bits per heavy atom. The molecule has 1 atom stereocenters. The second-order valence-corrected chi connectivity index (χ2v) is 5.17. The van der Waals surface area contributed by atoms with Crippen LogP contribution in [-0.2, 0) is 4.79 Å². The van der Waals surface area contributed by atoms with Crippen molar-refractivity contribution in [3.05, 3.63) is 27.7 Å². The first-order valence-corrected chi connectivity index (χ1v) is 6.24. The lowest BCUT2D eigenvalue weighted by molar-refractivity contribution is -0.117. The fourth-order valence-electron chi connectivity index (χ4n) is 1.84. The topological polar surface area (TPSA) is 46.3 Å². The van der Waals surface area contributed by atoms with Gasteiger partial charge < -0.3 is 10.6 Å². The lowest BCUT2D eigenvalue weighted by Gasteiger charge is -2.17. The zero-order chi connectivity index (χ0) is 11.7. The number of benzene rings is 1. The monoisotopic (exact) mass is 302 g/mol. The highest BCUT2D eigenvalue weighted by Crippen LogP contribution is 2.30. The Balaban J connectivity index is 2.24. The molecule has 0 radical (unpaired) electrons. The lowest BCUT2D eigenvalue weighted by atomic mass is 10.1. The summed E-state index contributed by atoms with van der Waals surface area (Å²) in [6, 6.07) is 5.52. The van der Waals surface area contributed by atoms with Crippen LogP contribution in [0.1, 0.15) is 6.42 Å². The molecular formula is C11H12BrClN2O. The summed E-state index contributed by atoms with van der Waals surface area (Å²) in [5.41, 5.74) is 6.42. The van der Waals surface area contributed by atoms with Crippen molar-refractivity contribution in [3.8, 4) is 0 Å². The van der Waals surface area contributed by atoms with Gasteiger partial charge in [0.1, 0.15) is 0 Å². The highest BCUT2D eigenvalue weighted by atomic mass is 79.9. The van der Waals surface area contributed by atoms with Crippen LogP contribution in [0.4, 0.5) is 5.69 Å². The Morgan fingerprint density at radius 1 is 1.56 bits per heavy atom. The van der Waals surface area contributed by atoms with E-state index in [4.69, 9.17) is 17.3 Å². The van der Waals surface area contributed by atoms with Crippen LogP contribution in [0.2, 0.25) is 5.02 Å². The Morgan fingerprint density at radius 2 is 2.31 bits per heavy atom. The maximum absolute atomic E-state index is 11.8. The Hall–Kier alpha value is -0.580. The molecule has 0 bridgehead atoms. The first-order valence-electron chi connectivity index (χ1n) is 5.07. The van der Waals surface area contributed by atoms with E-state index in [-0.39, 0.29) is 11.8 Å². The van der Waals surface area contributed by atoms with Gasteiger partial charge in [0.25, 0.3) is 0 Å². The van der Waals surface area contributed by atoms with Crippen molar-refractivity contribution in [1.29, 1.82) is 0 Å². The zero-order valence-corrected chi connectivity index (χ0v) is 11.0. The van der Waals surface area contributed by atoms with E-state index in [0.29, 0.717) is 24.5 Å². The van der Waals surface area contributed by atoms with Gasteiger partial charge in [-0.3, -0.25) is 4.79 Å². The lowest BCUT2D eigenvalue weighted by Crippen LogP contribution is -2.25. The fraction of sp³-hybridized carbons (Fsp3) is 0.364. The van der Waals surface area contributed by atoms with Gasteiger partial charge in [0.05, 0.1) is 5.02 Å². The van der Waals surface area contributed by atoms with Crippen LogP contribution in [0.5, 0.6) is 0 Å². The molecule has 1 aromatic rings. The molecule has 2 rings (SSSR count). The molecule has 0 saturated carbocycles. The second-order valence-electron chi connectivity index (χ2n) is 3.91. The van der Waals surface area contributed by atoms with Crippen molar-refractivity contribution in [2.75, 3.05) is 18.0 Å². The minimum atomic E-state index is 0.119. The molecule has 1 aromatic carbocycles. The number of nitrogens with two attached hydrogens (primary N) is 1. The van der Waals surface area contributed by atoms with Gasteiger partial charge in [-0.25, -0.2) is 0 Å². The summed E-state index contributed by atoms with van der Waals surface area (Å²) in [6.07, 6.45) is 0.532. The summed E-state index contributed by atoms with van der Waals surface area (Å²) in [7, 11) is 0. The van der Waals surface area contributed by atoms with E-state index >= 15 is 0 Å². The van der Waals surface area contributed by atoms with E-state index in [0.717, 1.165) is 10.2 Å². The third kappa shape index (κ3) is 2.24. The predicted molar refractivity (Wildman–Crippen MR) is 68.7 cm³/mol. The average Bonchev–Trinajstić information content (AvgIpc) is 2.64. The third-order valence-corrected chi connectivity index (χ3v) is 3.99. The Bertz CT molecular complexity index is 424. The van der Waals surface area contributed by atoms with Crippen LogP contribution >= 0.6 is 27.5 Å². The molecule has 1 fully saturated rings. The number of carbonyl (C=O) groups excluding carboxylic acids is 1. The van der Waals surface area contributed by atoms with Crippen LogP contribution in [0, 0.1) is 5.92 Å². The van der Waals surface area contributed by atoms with Gasteiger partial charge in [-0.2, -0.15) is 0 Å². The summed E-state index contributed by atoms with van der Waals surface area (Å²) in [6.45, 7) is 1.24. The molecule has 1 aliphatic rings. The summed E-state index contributed by atoms with van der Waals surface area (Å²) in [5.74, 6) is 0.378. The largest absolute Gasteiger partial charge is 0.330 e. The minimum absolute atomic E-state index is 0.119. The van der Waals surface area contributed by atoms with Gasteiger partial charge >= 0.3 is 0 Å². The number of carbonyl (C=O) groups is 1. The standard InChI is InChI=1S/C11H12BrClN2O/c12-9-2-1-8(4-10(9)13)15-6-7(5-14)3-11(15)16/h1-2,4,7H,3,5-6,14H2. The highest BCUT2D eigenvalue weighted by Gasteiger charge is 2.29. The first kappa shape index (κ1) is 11.9. The molecule has 86 valence electrons. The predicted octanol–water partition coefficient (Wildman–Crippen LogP) is 2.41. The van der Waals surface area contributed by atoms with Gasteiger partial charge in [0.15, 0.2) is 0 Å². The molecule has 16 heavy (non-hydrogen) atoms. The number of rotatable bonds is 2. The molecule has 2 N–H and O–H groups in total. The highest BCUT2D eigenvalue weighted by molar-refractivity contribution is 9.10. The number of nitrogens with zero attached hydrogens (tertiary/aromatic N) is 1. The first-order chi connectivity index (χ1) is 7.61. The fourth-order valence-corrected chi connectivity index (χ4v) is 2.26. The Kier molecular flexibility index (Phi) is 3.52. The summed E-state index contributed by atoms with van der Waals surface area (Å²) in [5, 5.41) is 0.612. The Labute approximate surface area is 108 Å². The van der Waals surface area contributed by atoms with Crippen molar-refractivity contribution >= 4 is 39.1 Å². The van der Waals surface area contributed by atoms with Crippen molar-refractivity contribution in [2.24, 2.45) is 11.7 Å². The number of anilines is 1. The smallest absolute Gasteiger partial charge is 0.227 e. The number of hydrogen-bond donors (Lipinski definition) is 1. The summed E-state index contributed by atoms with van der Waals surface area (Å²) in [4.78, 5) is 13.5. The molecule has 3 nitrogen and oxygen atoms in total. The third-order valence-electron chi connectivity index (χ3n) is 2.75. The number of halogens is 2. The van der Waals surface area contributed by atoms with Crippen LogP contribution in [0.15, 0.2) is 22.7 Å². The SMILES string of the molecule is NCC1CC(=O)N(c2ccc(Br)c(Cl)c2)C1. The van der Waals surface area contributed by atoms with Crippen molar-refractivity contribution in [3.63, 3.8) is 0 Å². The van der Waals surface area contributed by atoms with E-state index in [9.17, 15) is 4.79 Å². The molecule has 0 aromatic heterocycles. The van der Waals surface area contributed by atoms with Gasteiger partial charge in [-0.15, -0.1) is 0 Å². The molecular weight excluding hydrogens is 291 g/mol. The average molecular weight is 304 g/mol. The van der Waals surface area contributed by atoms with Crippen molar-refractivity contribution in [1.82, 2.24) is 0 Å². The van der Waals surface area contributed by atoms with Crippen molar-refractivity contribution in [2.45, 2.75) is 6.42 Å². The van der Waals surface area contributed by atoms with Crippen LogP contribution in [-0.4, -0.2) is 19.0 Å². The van der Waals surface area contributed by atoms with E-state index in [2.05, 4.69) is 15.9 Å². The van der Waals surface area contributed by atoms with E-state index in [1.54, 1.807) is 11.0 Å².